The zero-order chi connectivity index (χ0) is 18.6. The van der Waals surface area contributed by atoms with Crippen molar-refractivity contribution in [2.45, 2.75) is 37.1 Å². The van der Waals surface area contributed by atoms with Gasteiger partial charge >= 0.3 is 0 Å². The van der Waals surface area contributed by atoms with Crippen LogP contribution < -0.4 is 5.56 Å². The molecule has 2 aromatic carbocycles. The van der Waals surface area contributed by atoms with E-state index in [1.54, 1.807) is 34.5 Å². The molecule has 0 aliphatic carbocycles. The van der Waals surface area contributed by atoms with E-state index in [0.717, 1.165) is 30.8 Å². The largest absolute Gasteiger partial charge is 0.377 e. The van der Waals surface area contributed by atoms with E-state index in [-0.39, 0.29) is 11.7 Å². The molecule has 1 fully saturated rings. The molecule has 0 radical (unpaired) electrons. The minimum atomic E-state index is -0.0346. The molecule has 0 spiro atoms. The highest BCUT2D eigenvalue weighted by Gasteiger charge is 2.17. The van der Waals surface area contributed by atoms with Crippen LogP contribution >= 0.6 is 23.4 Å². The topological polar surface area (TPSA) is 44.1 Å². The molecule has 0 unspecified atom stereocenters. The second kappa shape index (κ2) is 8.46. The van der Waals surface area contributed by atoms with Gasteiger partial charge in [0.15, 0.2) is 5.16 Å². The Morgan fingerprint density at radius 3 is 2.81 bits per heavy atom. The van der Waals surface area contributed by atoms with E-state index in [4.69, 9.17) is 21.3 Å². The molecule has 1 aromatic heterocycles. The molecular weight excluding hydrogens is 380 g/mol. The van der Waals surface area contributed by atoms with Crippen LogP contribution in [0, 0.1) is 0 Å². The van der Waals surface area contributed by atoms with Crippen LogP contribution in [0.1, 0.15) is 24.8 Å². The third kappa shape index (κ3) is 4.37. The number of nitrogens with zero attached hydrogens (tertiary/aromatic N) is 2. The Kier molecular flexibility index (Phi) is 5.81. The summed E-state index contributed by atoms with van der Waals surface area (Å²) < 4.78 is 7.60. The molecule has 1 saturated heterocycles. The maximum absolute atomic E-state index is 13.2. The lowest BCUT2D eigenvalue weighted by Crippen LogP contribution is -2.26. The maximum Gasteiger partial charge on any atom is 0.262 e. The summed E-state index contributed by atoms with van der Waals surface area (Å²) in [6.07, 6.45) is 3.62. The molecule has 6 heteroatoms. The lowest BCUT2D eigenvalue weighted by molar-refractivity contribution is 0.0315. The van der Waals surface area contributed by atoms with Crippen LogP contribution in [-0.4, -0.2) is 28.0 Å². The van der Waals surface area contributed by atoms with Crippen LogP contribution in [-0.2, 0) is 11.3 Å². The van der Waals surface area contributed by atoms with Crippen LogP contribution in [0.2, 0.25) is 5.02 Å². The van der Waals surface area contributed by atoms with Crippen LogP contribution in [0.4, 0.5) is 0 Å². The van der Waals surface area contributed by atoms with Crippen molar-refractivity contribution in [3.05, 3.63) is 69.5 Å². The average molecular weight is 401 g/mol. The van der Waals surface area contributed by atoms with Gasteiger partial charge in [-0.2, -0.15) is 0 Å². The SMILES string of the molecule is O=c1c2ccc(Cl)cc2nc(SC[C@H]2CCCCO2)n1Cc1ccccc1. The zero-order valence-electron chi connectivity index (χ0n) is 14.9. The van der Waals surface area contributed by atoms with Gasteiger partial charge < -0.3 is 4.74 Å². The monoisotopic (exact) mass is 400 g/mol. The molecule has 0 amide bonds. The van der Waals surface area contributed by atoms with Crippen LogP contribution in [0.3, 0.4) is 0 Å². The number of rotatable bonds is 5. The van der Waals surface area contributed by atoms with Crippen molar-refractivity contribution in [3.8, 4) is 0 Å². The van der Waals surface area contributed by atoms with E-state index < -0.39 is 0 Å². The molecule has 4 rings (SSSR count). The van der Waals surface area contributed by atoms with E-state index in [1.165, 1.54) is 6.42 Å². The number of thioether (sulfide) groups is 1. The van der Waals surface area contributed by atoms with E-state index in [0.29, 0.717) is 27.6 Å². The number of hydrogen-bond donors (Lipinski definition) is 0. The highest BCUT2D eigenvalue weighted by molar-refractivity contribution is 7.99. The summed E-state index contributed by atoms with van der Waals surface area (Å²) in [6.45, 7) is 1.32. The van der Waals surface area contributed by atoms with Gasteiger partial charge in [-0.3, -0.25) is 9.36 Å². The number of hydrogen-bond acceptors (Lipinski definition) is 4. The van der Waals surface area contributed by atoms with Crippen molar-refractivity contribution in [1.82, 2.24) is 9.55 Å². The maximum atomic E-state index is 13.2. The molecule has 4 nitrogen and oxygen atoms in total. The van der Waals surface area contributed by atoms with Gasteiger partial charge in [-0.25, -0.2) is 4.98 Å². The summed E-state index contributed by atoms with van der Waals surface area (Å²) >= 11 is 7.71. The Morgan fingerprint density at radius 1 is 1.19 bits per heavy atom. The molecule has 140 valence electrons. The summed E-state index contributed by atoms with van der Waals surface area (Å²) in [7, 11) is 0. The van der Waals surface area contributed by atoms with Gasteiger partial charge in [0.25, 0.3) is 5.56 Å². The van der Waals surface area contributed by atoms with E-state index in [1.807, 2.05) is 30.3 Å². The second-order valence-electron chi connectivity index (χ2n) is 6.73. The number of ether oxygens (including phenoxy) is 1. The minimum Gasteiger partial charge on any atom is -0.377 e. The van der Waals surface area contributed by atoms with Crippen LogP contribution in [0.5, 0.6) is 0 Å². The predicted molar refractivity (Wildman–Crippen MR) is 111 cm³/mol. The average Bonchev–Trinajstić information content (AvgIpc) is 2.70. The molecule has 27 heavy (non-hydrogen) atoms. The highest BCUT2D eigenvalue weighted by Crippen LogP contribution is 2.24. The summed E-state index contributed by atoms with van der Waals surface area (Å²) in [6, 6.07) is 15.2. The fourth-order valence-electron chi connectivity index (χ4n) is 3.30. The smallest absolute Gasteiger partial charge is 0.262 e. The van der Waals surface area contributed by atoms with Gasteiger partial charge in [-0.05, 0) is 43.0 Å². The third-order valence-corrected chi connectivity index (χ3v) is 6.08. The molecule has 1 aliphatic rings. The van der Waals surface area contributed by atoms with Crippen LogP contribution in [0.25, 0.3) is 10.9 Å². The molecular formula is C21H21ClN2O2S. The Labute approximate surface area is 167 Å². The Bertz CT molecular complexity index is 985. The number of fused-ring (bicyclic) bond motifs is 1. The van der Waals surface area contributed by atoms with E-state index in [9.17, 15) is 4.79 Å². The standard InChI is InChI=1S/C21H21ClN2O2S/c22-16-9-10-18-19(12-16)23-21(27-14-17-8-4-5-11-26-17)24(20(18)25)13-15-6-2-1-3-7-15/h1-3,6-7,9-10,12,17H,4-5,8,11,13-14H2/t17-/m1/s1. The summed E-state index contributed by atoms with van der Waals surface area (Å²) in [5.74, 6) is 0.799. The minimum absolute atomic E-state index is 0.0346. The quantitative estimate of drug-likeness (QED) is 0.457. The molecule has 1 aliphatic heterocycles. The van der Waals surface area contributed by atoms with Gasteiger partial charge in [-0.15, -0.1) is 0 Å². The van der Waals surface area contributed by atoms with E-state index >= 15 is 0 Å². The van der Waals surface area contributed by atoms with Crippen molar-refractivity contribution in [2.24, 2.45) is 0 Å². The summed E-state index contributed by atoms with van der Waals surface area (Å²) in [4.78, 5) is 17.9. The van der Waals surface area contributed by atoms with Crippen molar-refractivity contribution in [2.75, 3.05) is 12.4 Å². The lowest BCUT2D eigenvalue weighted by Gasteiger charge is -2.22. The predicted octanol–water partition coefficient (Wildman–Crippen LogP) is 4.76. The van der Waals surface area contributed by atoms with Gasteiger partial charge in [-0.1, -0.05) is 53.7 Å². The first-order valence-electron chi connectivity index (χ1n) is 9.19. The zero-order valence-corrected chi connectivity index (χ0v) is 16.5. The van der Waals surface area contributed by atoms with Gasteiger partial charge in [0.05, 0.1) is 23.6 Å². The second-order valence-corrected chi connectivity index (χ2v) is 8.16. The molecule has 0 bridgehead atoms. The first-order valence-corrected chi connectivity index (χ1v) is 10.6. The third-order valence-electron chi connectivity index (χ3n) is 4.74. The van der Waals surface area contributed by atoms with Gasteiger partial charge in [0.1, 0.15) is 0 Å². The number of benzene rings is 2. The van der Waals surface area contributed by atoms with Gasteiger partial charge in [0.2, 0.25) is 0 Å². The van der Waals surface area contributed by atoms with Crippen molar-refractivity contribution in [1.29, 1.82) is 0 Å². The van der Waals surface area contributed by atoms with Crippen molar-refractivity contribution < 1.29 is 4.74 Å². The molecule has 3 aromatic rings. The van der Waals surface area contributed by atoms with Crippen LogP contribution in [0.15, 0.2) is 58.5 Å². The Balaban J connectivity index is 1.71. The number of aromatic nitrogens is 2. The Hall–Kier alpha value is -1.82. The fraction of sp³-hybridized carbons (Fsp3) is 0.333. The van der Waals surface area contributed by atoms with E-state index in [2.05, 4.69) is 0 Å². The van der Waals surface area contributed by atoms with Crippen molar-refractivity contribution >= 4 is 34.3 Å². The lowest BCUT2D eigenvalue weighted by atomic mass is 10.1. The first kappa shape index (κ1) is 18.5. The van der Waals surface area contributed by atoms with Crippen molar-refractivity contribution in [3.63, 3.8) is 0 Å². The molecule has 1 atom stereocenters. The van der Waals surface area contributed by atoms with Gasteiger partial charge in [0, 0.05) is 17.4 Å². The molecule has 0 N–H and O–H groups in total. The summed E-state index contributed by atoms with van der Waals surface area (Å²) in [5, 5.41) is 1.89. The first-order chi connectivity index (χ1) is 13.2. The number of halogens is 1. The highest BCUT2D eigenvalue weighted by atomic mass is 35.5. The Morgan fingerprint density at radius 2 is 2.04 bits per heavy atom. The normalized spacial score (nSPS) is 17.3. The molecule has 2 heterocycles. The fourth-order valence-corrected chi connectivity index (χ4v) is 4.53. The summed E-state index contributed by atoms with van der Waals surface area (Å²) in [5.41, 5.74) is 1.68. The molecule has 0 saturated carbocycles.